The minimum Gasteiger partial charge on any atom is -0.370 e. The molecule has 3 N–H and O–H groups in total. The zero-order valence-corrected chi connectivity index (χ0v) is 13.0. The van der Waals surface area contributed by atoms with Crippen molar-refractivity contribution in [1.29, 1.82) is 0 Å². The van der Waals surface area contributed by atoms with E-state index >= 15 is 0 Å². The predicted octanol–water partition coefficient (Wildman–Crippen LogP) is 1.07. The summed E-state index contributed by atoms with van der Waals surface area (Å²) in [5.41, 5.74) is 5.14. The lowest BCUT2D eigenvalue weighted by molar-refractivity contribution is -0.127. The molecule has 6 nitrogen and oxygen atoms in total. The van der Waals surface area contributed by atoms with Crippen LogP contribution in [0.2, 0.25) is 0 Å². The van der Waals surface area contributed by atoms with Crippen LogP contribution in [0.15, 0.2) is 0 Å². The lowest BCUT2D eigenvalue weighted by atomic mass is 9.94. The highest BCUT2D eigenvalue weighted by molar-refractivity contribution is 5.92. The van der Waals surface area contributed by atoms with E-state index < -0.39 is 18.1 Å². The molecule has 0 bridgehead atoms. The van der Waals surface area contributed by atoms with E-state index in [0.29, 0.717) is 12.3 Å². The van der Waals surface area contributed by atoms with Crippen molar-refractivity contribution in [3.63, 3.8) is 0 Å². The van der Waals surface area contributed by atoms with Crippen molar-refractivity contribution in [2.24, 2.45) is 11.7 Å². The Morgan fingerprint density at radius 2 is 1.86 bits per heavy atom. The lowest BCUT2D eigenvalue weighted by Gasteiger charge is -2.18. The van der Waals surface area contributed by atoms with Crippen molar-refractivity contribution < 1.29 is 19.1 Å². The molecule has 0 spiro atoms. The molecule has 1 saturated heterocycles. The number of carbonyl (C=O) groups excluding carboxylic acids is 3. The van der Waals surface area contributed by atoms with Crippen molar-refractivity contribution >= 4 is 17.6 Å². The summed E-state index contributed by atoms with van der Waals surface area (Å²) >= 11 is 0. The van der Waals surface area contributed by atoms with Gasteiger partial charge in [0.25, 0.3) is 0 Å². The van der Waals surface area contributed by atoms with Gasteiger partial charge in [0.05, 0.1) is 12.5 Å². The van der Waals surface area contributed by atoms with Gasteiger partial charge in [-0.05, 0) is 12.3 Å². The van der Waals surface area contributed by atoms with Crippen molar-refractivity contribution in [2.45, 2.75) is 69.9 Å². The van der Waals surface area contributed by atoms with Crippen LogP contribution < -0.4 is 11.1 Å². The molecule has 1 aliphatic carbocycles. The molecule has 2 rings (SSSR count). The summed E-state index contributed by atoms with van der Waals surface area (Å²) in [4.78, 5) is 34.8. The molecule has 1 heterocycles. The quantitative estimate of drug-likeness (QED) is 0.717. The smallest absolute Gasteiger partial charge is 0.220 e. The summed E-state index contributed by atoms with van der Waals surface area (Å²) in [7, 11) is 0. The number of carbonyl (C=O) groups is 3. The third-order valence-electron chi connectivity index (χ3n) is 4.63. The number of ketones is 1. The van der Waals surface area contributed by atoms with Crippen LogP contribution in [0.4, 0.5) is 0 Å². The third-order valence-corrected chi connectivity index (χ3v) is 4.63. The van der Waals surface area contributed by atoms with E-state index in [-0.39, 0.29) is 24.7 Å². The second-order valence-corrected chi connectivity index (χ2v) is 6.43. The molecule has 124 valence electrons. The van der Waals surface area contributed by atoms with Crippen molar-refractivity contribution in [2.75, 3.05) is 6.61 Å². The largest absolute Gasteiger partial charge is 0.370 e. The Bertz CT molecular complexity index is 416. The topological polar surface area (TPSA) is 98.5 Å². The van der Waals surface area contributed by atoms with Crippen molar-refractivity contribution in [3.8, 4) is 0 Å². The van der Waals surface area contributed by atoms with Crippen LogP contribution in [-0.4, -0.2) is 36.4 Å². The van der Waals surface area contributed by atoms with Crippen molar-refractivity contribution in [1.82, 2.24) is 5.32 Å². The van der Waals surface area contributed by atoms with Gasteiger partial charge in [0, 0.05) is 6.42 Å². The molecule has 2 atom stereocenters. The van der Waals surface area contributed by atoms with Crippen LogP contribution >= 0.6 is 0 Å². The number of ether oxygens (including phenoxy) is 1. The molecule has 0 aromatic carbocycles. The van der Waals surface area contributed by atoms with E-state index in [9.17, 15) is 14.4 Å². The van der Waals surface area contributed by atoms with Gasteiger partial charge in [0.2, 0.25) is 11.8 Å². The van der Waals surface area contributed by atoms with Gasteiger partial charge in [-0.1, -0.05) is 38.5 Å². The standard InChI is InChI=1S/C16H26N2O4/c17-14(20)9-13-16(12(19)10-22-13)18-15(21)8-7-11-5-3-1-2-4-6-11/h11,13,16H,1-10H2,(H2,17,20)(H,18,21)/t13-,16+/m0/s1. The van der Waals surface area contributed by atoms with Crippen LogP contribution in [0.3, 0.4) is 0 Å². The van der Waals surface area contributed by atoms with E-state index in [1.54, 1.807) is 0 Å². The second-order valence-electron chi connectivity index (χ2n) is 6.43. The first-order valence-corrected chi connectivity index (χ1v) is 8.28. The second kappa shape index (κ2) is 8.27. The molecule has 0 aromatic rings. The molecule has 0 radical (unpaired) electrons. The number of primary amides is 1. The normalized spacial score (nSPS) is 26.6. The first-order chi connectivity index (χ1) is 10.6. The number of nitrogens with one attached hydrogen (secondary N) is 1. The fraction of sp³-hybridized carbons (Fsp3) is 0.812. The first kappa shape index (κ1) is 16.9. The zero-order chi connectivity index (χ0) is 15.9. The summed E-state index contributed by atoms with van der Waals surface area (Å²) in [5, 5.41) is 2.72. The lowest BCUT2D eigenvalue weighted by Crippen LogP contribution is -2.46. The Labute approximate surface area is 131 Å². The molecule has 0 aromatic heterocycles. The van der Waals surface area contributed by atoms with Gasteiger partial charge in [-0.2, -0.15) is 0 Å². The van der Waals surface area contributed by atoms with Crippen LogP contribution in [-0.2, 0) is 19.1 Å². The van der Waals surface area contributed by atoms with E-state index in [1.807, 2.05) is 0 Å². The number of rotatable bonds is 6. The summed E-state index contributed by atoms with van der Waals surface area (Å²) in [6.07, 6.45) is 8.13. The molecule has 2 amide bonds. The Hall–Kier alpha value is -1.43. The number of amides is 2. The predicted molar refractivity (Wildman–Crippen MR) is 80.9 cm³/mol. The first-order valence-electron chi connectivity index (χ1n) is 8.28. The Kier molecular flexibility index (Phi) is 6.36. The average Bonchev–Trinajstić information content (AvgIpc) is 2.70. The average molecular weight is 310 g/mol. The van der Waals surface area contributed by atoms with Crippen molar-refractivity contribution in [3.05, 3.63) is 0 Å². The van der Waals surface area contributed by atoms with Gasteiger partial charge in [0.15, 0.2) is 5.78 Å². The Balaban J connectivity index is 1.77. The molecule has 1 saturated carbocycles. The molecule has 2 aliphatic rings. The monoisotopic (exact) mass is 310 g/mol. The van der Waals surface area contributed by atoms with E-state index in [4.69, 9.17) is 10.5 Å². The van der Waals surface area contributed by atoms with E-state index in [0.717, 1.165) is 6.42 Å². The van der Waals surface area contributed by atoms with Gasteiger partial charge in [0.1, 0.15) is 12.6 Å². The third kappa shape index (κ3) is 5.09. The van der Waals surface area contributed by atoms with Gasteiger partial charge in [-0.25, -0.2) is 0 Å². The van der Waals surface area contributed by atoms with Crippen LogP contribution in [0.25, 0.3) is 0 Å². The highest BCUT2D eigenvalue weighted by Gasteiger charge is 2.37. The molecule has 6 heteroatoms. The molecular formula is C16H26N2O4. The summed E-state index contributed by atoms with van der Waals surface area (Å²) in [6, 6.07) is -0.728. The summed E-state index contributed by atoms with van der Waals surface area (Å²) < 4.78 is 5.24. The SMILES string of the molecule is NC(=O)C[C@@H]1OCC(=O)[C@H]1NC(=O)CCC1CCCCCC1. The van der Waals surface area contributed by atoms with Crippen LogP contribution in [0.1, 0.15) is 57.8 Å². The number of hydrogen-bond donors (Lipinski definition) is 2. The fourth-order valence-corrected chi connectivity index (χ4v) is 3.36. The summed E-state index contributed by atoms with van der Waals surface area (Å²) in [6.45, 7) is -0.0640. The number of hydrogen-bond acceptors (Lipinski definition) is 4. The minimum absolute atomic E-state index is 0.0423. The molecule has 22 heavy (non-hydrogen) atoms. The fourth-order valence-electron chi connectivity index (χ4n) is 3.36. The van der Waals surface area contributed by atoms with Gasteiger partial charge < -0.3 is 15.8 Å². The van der Waals surface area contributed by atoms with E-state index in [1.165, 1.54) is 38.5 Å². The number of Topliss-reactive ketones (excluding diaryl/α,β-unsaturated/α-hetero) is 1. The minimum atomic E-state index is -0.728. The molecule has 0 unspecified atom stereocenters. The molecule has 2 fully saturated rings. The summed E-state index contributed by atoms with van der Waals surface area (Å²) in [5.74, 6) is -0.237. The van der Waals surface area contributed by atoms with Gasteiger partial charge >= 0.3 is 0 Å². The Morgan fingerprint density at radius 1 is 1.18 bits per heavy atom. The van der Waals surface area contributed by atoms with Gasteiger partial charge in [-0.15, -0.1) is 0 Å². The van der Waals surface area contributed by atoms with E-state index in [2.05, 4.69) is 5.32 Å². The maximum atomic E-state index is 12.1. The zero-order valence-electron chi connectivity index (χ0n) is 13.0. The number of nitrogens with two attached hydrogens (primary N) is 1. The van der Waals surface area contributed by atoms with Crippen LogP contribution in [0, 0.1) is 5.92 Å². The highest BCUT2D eigenvalue weighted by atomic mass is 16.5. The maximum Gasteiger partial charge on any atom is 0.220 e. The maximum absolute atomic E-state index is 12.1. The Morgan fingerprint density at radius 3 is 2.50 bits per heavy atom. The molecular weight excluding hydrogens is 284 g/mol. The molecule has 1 aliphatic heterocycles. The van der Waals surface area contributed by atoms with Gasteiger partial charge in [-0.3, -0.25) is 14.4 Å². The van der Waals surface area contributed by atoms with Crippen LogP contribution in [0.5, 0.6) is 0 Å². The highest BCUT2D eigenvalue weighted by Crippen LogP contribution is 2.26.